The van der Waals surface area contributed by atoms with Crippen LogP contribution in [0, 0.1) is 7.05 Å². The van der Waals surface area contributed by atoms with Gasteiger partial charge < -0.3 is 5.32 Å². The van der Waals surface area contributed by atoms with Crippen LogP contribution in [0.25, 0.3) is 0 Å². The number of nitrogens with zero attached hydrogens (tertiary/aromatic N) is 1. The third-order valence-corrected chi connectivity index (χ3v) is 1.60. The molecule has 1 aromatic rings. The number of hydrogen-bond donors (Lipinski definition) is 1. The van der Waals surface area contributed by atoms with E-state index in [1.807, 2.05) is 30.3 Å². The number of carbonyl (C=O) groups excluding carboxylic acids is 1. The van der Waals surface area contributed by atoms with Crippen molar-refractivity contribution >= 4 is 11.7 Å². The summed E-state index contributed by atoms with van der Waals surface area (Å²) in [7, 11) is 4.98. The second-order valence-electron chi connectivity index (χ2n) is 2.38. The number of carbonyl (C=O) groups is 1. The Kier molecular flexibility index (Phi) is 2.69. The van der Waals surface area contributed by atoms with Gasteiger partial charge in [-0.1, -0.05) is 18.2 Å². The Balaban J connectivity index is 2.78. The quantitative estimate of drug-likeness (QED) is 0.670. The van der Waals surface area contributed by atoms with Gasteiger partial charge in [0.1, 0.15) is 0 Å². The lowest BCUT2D eigenvalue weighted by atomic mass is 10.3. The zero-order valence-corrected chi connectivity index (χ0v) is 6.95. The van der Waals surface area contributed by atoms with Gasteiger partial charge in [-0.2, -0.15) is 0 Å². The molecule has 3 nitrogen and oxygen atoms in total. The monoisotopic (exact) mass is 163 g/mol. The smallest absolute Gasteiger partial charge is 0.321 e. The lowest BCUT2D eigenvalue weighted by Crippen LogP contribution is -2.33. The van der Waals surface area contributed by atoms with Crippen LogP contribution in [0.3, 0.4) is 0 Å². The molecule has 12 heavy (non-hydrogen) atoms. The van der Waals surface area contributed by atoms with Crippen LogP contribution in [0.4, 0.5) is 10.5 Å². The Morgan fingerprint density at radius 3 is 2.50 bits per heavy atom. The van der Waals surface area contributed by atoms with Crippen molar-refractivity contribution in [3.8, 4) is 0 Å². The average Bonchev–Trinajstić information content (AvgIpc) is 2.17. The molecule has 0 spiro atoms. The Bertz CT molecular complexity index is 258. The summed E-state index contributed by atoms with van der Waals surface area (Å²) in [5.74, 6) is 0. The Morgan fingerprint density at radius 2 is 2.00 bits per heavy atom. The molecule has 0 aliphatic rings. The number of rotatable bonds is 1. The van der Waals surface area contributed by atoms with Crippen LogP contribution in [0.1, 0.15) is 0 Å². The number of nitrogens with one attached hydrogen (secondary N) is 1. The highest BCUT2D eigenvalue weighted by molar-refractivity contribution is 5.91. The van der Waals surface area contributed by atoms with Gasteiger partial charge in [0.05, 0.1) is 0 Å². The third kappa shape index (κ3) is 1.75. The molecule has 0 bridgehead atoms. The van der Waals surface area contributed by atoms with Crippen LogP contribution in [0.15, 0.2) is 30.3 Å². The molecule has 0 unspecified atom stereocenters. The number of urea groups is 1. The molecule has 1 aromatic carbocycles. The molecule has 0 atom stereocenters. The Morgan fingerprint density at radius 1 is 1.42 bits per heavy atom. The van der Waals surface area contributed by atoms with E-state index < -0.39 is 0 Å². The fourth-order valence-corrected chi connectivity index (χ4v) is 0.887. The molecular formula is C9H11N2O. The molecule has 1 rings (SSSR count). The van der Waals surface area contributed by atoms with Gasteiger partial charge in [-0.15, -0.1) is 0 Å². The number of anilines is 1. The van der Waals surface area contributed by atoms with Crippen molar-refractivity contribution in [1.82, 2.24) is 5.32 Å². The maximum absolute atomic E-state index is 11.1. The molecule has 0 aromatic heterocycles. The highest BCUT2D eigenvalue weighted by Crippen LogP contribution is 2.10. The predicted octanol–water partition coefficient (Wildman–Crippen LogP) is 1.62. The third-order valence-electron chi connectivity index (χ3n) is 1.60. The number of benzene rings is 1. The van der Waals surface area contributed by atoms with E-state index in [9.17, 15) is 4.79 Å². The predicted molar refractivity (Wildman–Crippen MR) is 48.7 cm³/mol. The van der Waals surface area contributed by atoms with Gasteiger partial charge >= 0.3 is 6.03 Å². The van der Waals surface area contributed by atoms with Crippen LogP contribution in [-0.2, 0) is 0 Å². The number of amides is 2. The molecule has 1 radical (unpaired) electrons. The molecule has 0 aliphatic carbocycles. The van der Waals surface area contributed by atoms with E-state index in [1.165, 1.54) is 4.90 Å². The van der Waals surface area contributed by atoms with Crippen molar-refractivity contribution in [2.75, 3.05) is 11.9 Å². The van der Waals surface area contributed by atoms with Crippen molar-refractivity contribution in [1.29, 1.82) is 0 Å². The zero-order chi connectivity index (χ0) is 8.97. The first-order valence-corrected chi connectivity index (χ1v) is 3.61. The van der Waals surface area contributed by atoms with Crippen molar-refractivity contribution in [3.05, 3.63) is 37.4 Å². The summed E-state index contributed by atoms with van der Waals surface area (Å²) in [5.41, 5.74) is 0.846. The molecule has 0 saturated carbocycles. The minimum atomic E-state index is -0.221. The molecular weight excluding hydrogens is 152 g/mol. The fraction of sp³-hybridized carbons (Fsp3) is 0.111. The first kappa shape index (κ1) is 8.59. The van der Waals surface area contributed by atoms with Crippen molar-refractivity contribution in [3.63, 3.8) is 0 Å². The highest BCUT2D eigenvalue weighted by atomic mass is 16.2. The lowest BCUT2D eigenvalue weighted by Gasteiger charge is -2.15. The first-order valence-electron chi connectivity index (χ1n) is 3.61. The molecule has 0 saturated heterocycles. The largest absolute Gasteiger partial charge is 0.336 e. The second kappa shape index (κ2) is 3.76. The molecule has 1 N–H and O–H groups in total. The summed E-state index contributed by atoms with van der Waals surface area (Å²) in [6.07, 6.45) is 0. The van der Waals surface area contributed by atoms with Gasteiger partial charge in [-0.25, -0.2) is 4.79 Å². The van der Waals surface area contributed by atoms with Gasteiger partial charge in [-0.05, 0) is 12.1 Å². The summed E-state index contributed by atoms with van der Waals surface area (Å²) in [5, 5.41) is 2.30. The van der Waals surface area contributed by atoms with Gasteiger partial charge in [0.2, 0.25) is 0 Å². The van der Waals surface area contributed by atoms with Crippen LogP contribution in [-0.4, -0.2) is 13.1 Å². The Hall–Kier alpha value is -1.51. The van der Waals surface area contributed by atoms with E-state index >= 15 is 0 Å². The van der Waals surface area contributed by atoms with E-state index in [0.717, 1.165) is 5.69 Å². The number of hydrogen-bond acceptors (Lipinski definition) is 1. The molecule has 0 aliphatic heterocycles. The van der Waals surface area contributed by atoms with E-state index in [-0.39, 0.29) is 6.03 Å². The van der Waals surface area contributed by atoms with Crippen LogP contribution in [0.5, 0.6) is 0 Å². The minimum Gasteiger partial charge on any atom is -0.336 e. The van der Waals surface area contributed by atoms with Gasteiger partial charge in [0.25, 0.3) is 0 Å². The Labute approximate surface area is 72.0 Å². The minimum absolute atomic E-state index is 0.221. The van der Waals surface area contributed by atoms with E-state index in [0.29, 0.717) is 0 Å². The normalized spacial score (nSPS) is 9.17. The topological polar surface area (TPSA) is 32.3 Å². The molecule has 3 heteroatoms. The standard InChI is InChI=1S/C9H11N2O/c1-10-9(12)11(2)8-6-4-3-5-7-8/h3-7H,1H2,2H3,(H,10,12). The molecule has 2 amide bonds. The average molecular weight is 163 g/mol. The van der Waals surface area contributed by atoms with Crippen molar-refractivity contribution < 1.29 is 4.79 Å². The van der Waals surface area contributed by atoms with Crippen LogP contribution < -0.4 is 10.2 Å². The van der Waals surface area contributed by atoms with E-state index in [1.54, 1.807) is 7.05 Å². The van der Waals surface area contributed by atoms with E-state index in [4.69, 9.17) is 0 Å². The number of para-hydroxylation sites is 1. The summed E-state index contributed by atoms with van der Waals surface area (Å²) < 4.78 is 0. The van der Waals surface area contributed by atoms with Crippen molar-refractivity contribution in [2.45, 2.75) is 0 Å². The SMILES string of the molecule is [CH2]NC(=O)N(C)c1ccccc1. The van der Waals surface area contributed by atoms with Gasteiger partial charge in [-0.3, -0.25) is 4.90 Å². The summed E-state index contributed by atoms with van der Waals surface area (Å²) >= 11 is 0. The van der Waals surface area contributed by atoms with Crippen LogP contribution >= 0.6 is 0 Å². The lowest BCUT2D eigenvalue weighted by molar-refractivity contribution is 0.250. The fourth-order valence-electron chi connectivity index (χ4n) is 0.887. The zero-order valence-electron chi connectivity index (χ0n) is 6.95. The van der Waals surface area contributed by atoms with Crippen LogP contribution in [0.2, 0.25) is 0 Å². The van der Waals surface area contributed by atoms with Gasteiger partial charge in [0, 0.05) is 19.8 Å². The van der Waals surface area contributed by atoms with Crippen molar-refractivity contribution in [2.24, 2.45) is 0 Å². The molecule has 0 heterocycles. The van der Waals surface area contributed by atoms with Gasteiger partial charge in [0.15, 0.2) is 0 Å². The van der Waals surface area contributed by atoms with E-state index in [2.05, 4.69) is 12.4 Å². The molecule has 63 valence electrons. The highest BCUT2D eigenvalue weighted by Gasteiger charge is 2.06. The summed E-state index contributed by atoms with van der Waals surface area (Å²) in [4.78, 5) is 12.6. The maximum Gasteiger partial charge on any atom is 0.321 e. The molecule has 0 fully saturated rings. The maximum atomic E-state index is 11.1. The summed E-state index contributed by atoms with van der Waals surface area (Å²) in [6.45, 7) is 0. The first-order chi connectivity index (χ1) is 5.75. The second-order valence-corrected chi connectivity index (χ2v) is 2.38. The summed E-state index contributed by atoms with van der Waals surface area (Å²) in [6, 6.07) is 9.15.